The number of aryl methyl sites for hydroxylation is 1. The van der Waals surface area contributed by atoms with E-state index >= 15 is 0 Å². The molecule has 5 heterocycles. The molecule has 2 atom stereocenters. The number of aromatic nitrogens is 4. The van der Waals surface area contributed by atoms with Gasteiger partial charge in [-0.05, 0) is 104 Å². The number of imidazole rings is 1. The first-order valence-electron chi connectivity index (χ1n) is 20.0. The van der Waals surface area contributed by atoms with Gasteiger partial charge in [-0.3, -0.25) is 38.8 Å². The molecular weight excluding hydrogens is 761 g/mol. The second-order valence-electron chi connectivity index (χ2n) is 15.7. The second kappa shape index (κ2) is 15.2. The molecule has 2 fully saturated rings. The zero-order valence-electron chi connectivity index (χ0n) is 32.6. The van der Waals surface area contributed by atoms with Gasteiger partial charge in [0.25, 0.3) is 11.8 Å². The highest BCUT2D eigenvalue weighted by molar-refractivity contribution is 6.25. The van der Waals surface area contributed by atoms with E-state index in [-0.39, 0.29) is 35.9 Å². The predicted octanol–water partition coefficient (Wildman–Crippen LogP) is 4.76. The fourth-order valence-corrected chi connectivity index (χ4v) is 8.49. The van der Waals surface area contributed by atoms with Gasteiger partial charge < -0.3 is 22.5 Å². The number of anilines is 2. The van der Waals surface area contributed by atoms with E-state index in [0.29, 0.717) is 46.9 Å². The summed E-state index contributed by atoms with van der Waals surface area (Å²) >= 11 is 0. The zero-order chi connectivity index (χ0) is 41.7. The van der Waals surface area contributed by atoms with Crippen LogP contribution >= 0.6 is 0 Å². The lowest BCUT2D eigenvalue weighted by Gasteiger charge is -2.38. The molecule has 1 saturated heterocycles. The van der Waals surface area contributed by atoms with Crippen molar-refractivity contribution in [2.24, 2.45) is 11.5 Å². The Hall–Kier alpha value is -7.26. The molecule has 3 aromatic heterocycles. The first-order valence-corrected chi connectivity index (χ1v) is 20.0. The summed E-state index contributed by atoms with van der Waals surface area (Å²) in [5.74, 6) is -1.98. The van der Waals surface area contributed by atoms with Gasteiger partial charge in [0.05, 0.1) is 22.4 Å². The van der Waals surface area contributed by atoms with Crippen molar-refractivity contribution >= 4 is 52.2 Å². The van der Waals surface area contributed by atoms with E-state index in [2.05, 4.69) is 27.8 Å². The molecule has 15 heteroatoms. The molecule has 302 valence electrons. The molecule has 0 radical (unpaired) electrons. The van der Waals surface area contributed by atoms with Crippen molar-refractivity contribution in [1.29, 1.82) is 0 Å². The Bertz CT molecular complexity index is 2740. The number of imide groups is 2. The van der Waals surface area contributed by atoms with Crippen molar-refractivity contribution < 1.29 is 24.0 Å². The Kier molecular flexibility index (Phi) is 9.67. The van der Waals surface area contributed by atoms with Crippen molar-refractivity contribution in [3.8, 4) is 28.3 Å². The van der Waals surface area contributed by atoms with Gasteiger partial charge in [-0.1, -0.05) is 36.4 Å². The molecule has 15 nitrogen and oxygen atoms in total. The van der Waals surface area contributed by atoms with Crippen molar-refractivity contribution in [3.63, 3.8) is 0 Å². The van der Waals surface area contributed by atoms with Crippen LogP contribution in [0, 0.1) is 0 Å². The quantitative estimate of drug-likeness (QED) is 0.106. The summed E-state index contributed by atoms with van der Waals surface area (Å²) in [6, 6.07) is 27.0. The normalized spacial score (nSPS) is 17.6. The topological polar surface area (TPSA) is 234 Å². The molecule has 1 saturated carbocycles. The standard InChI is InChI=1S/C45H42N10O5/c46-36(56)24-28(50-33-9-2-7-30-38(33)44(60)55(43(30)59)35-18-19-37(57)53-42(35)58)13-10-25-5-1-6-26(23-25)32-16-17-34-41(51-32)54(40(52-34)31-8-3-22-49-39(31)47)29-14-11-27(12-15-29)45(48)20-4-21-45/h1-3,5-9,11-12,14-17,22-23,28,35,50H,4,10,13,18-21,24,48H2,(H2,46,56)(H2,47,49)(H,53,57,58). The number of carbonyl (C=O) groups is 5. The highest BCUT2D eigenvalue weighted by atomic mass is 16.2. The molecule has 9 rings (SSSR count). The van der Waals surface area contributed by atoms with Crippen LogP contribution in [0.1, 0.15) is 76.8 Å². The molecule has 0 spiro atoms. The van der Waals surface area contributed by atoms with E-state index in [1.807, 2.05) is 65.2 Å². The van der Waals surface area contributed by atoms with E-state index in [4.69, 9.17) is 27.2 Å². The van der Waals surface area contributed by atoms with Gasteiger partial charge in [0.15, 0.2) is 11.5 Å². The molecule has 6 aromatic rings. The minimum absolute atomic E-state index is 0.0132. The fourth-order valence-electron chi connectivity index (χ4n) is 8.49. The number of nitrogens with two attached hydrogens (primary N) is 3. The van der Waals surface area contributed by atoms with Crippen molar-refractivity contribution in [1.82, 2.24) is 29.7 Å². The zero-order valence-corrected chi connectivity index (χ0v) is 32.6. The number of piperidine rings is 1. The molecule has 8 N–H and O–H groups in total. The largest absolute Gasteiger partial charge is 0.383 e. The Balaban J connectivity index is 0.986. The fraction of sp³-hybridized carbons (Fsp3) is 0.244. The third kappa shape index (κ3) is 6.91. The van der Waals surface area contributed by atoms with Crippen molar-refractivity contribution in [3.05, 3.63) is 119 Å². The van der Waals surface area contributed by atoms with E-state index in [1.165, 1.54) is 6.07 Å². The van der Waals surface area contributed by atoms with E-state index in [9.17, 15) is 24.0 Å². The highest BCUT2D eigenvalue weighted by Crippen LogP contribution is 2.40. The van der Waals surface area contributed by atoms with Crippen LogP contribution in [0.3, 0.4) is 0 Å². The number of hydrogen-bond donors (Lipinski definition) is 5. The van der Waals surface area contributed by atoms with Gasteiger partial charge in [-0.2, -0.15) is 0 Å². The summed E-state index contributed by atoms with van der Waals surface area (Å²) in [6.07, 6.45) is 5.66. The summed E-state index contributed by atoms with van der Waals surface area (Å²) in [7, 11) is 0. The maximum Gasteiger partial charge on any atom is 0.264 e. The third-order valence-electron chi connectivity index (χ3n) is 11.8. The molecule has 3 aliphatic rings. The molecular formula is C45H42N10O5. The molecule has 1 aliphatic carbocycles. The highest BCUT2D eigenvalue weighted by Gasteiger charge is 2.46. The molecule has 3 aromatic carbocycles. The first-order chi connectivity index (χ1) is 29.0. The third-order valence-corrected chi connectivity index (χ3v) is 11.8. The van der Waals surface area contributed by atoms with Crippen LogP contribution in [0.2, 0.25) is 0 Å². The monoisotopic (exact) mass is 802 g/mol. The second-order valence-corrected chi connectivity index (χ2v) is 15.7. The number of fused-ring (bicyclic) bond motifs is 2. The van der Waals surface area contributed by atoms with Gasteiger partial charge in [0.1, 0.15) is 17.4 Å². The Morgan fingerprint density at radius 1 is 0.917 bits per heavy atom. The maximum absolute atomic E-state index is 13.7. The number of benzene rings is 3. The molecule has 2 unspecified atom stereocenters. The molecule has 5 amide bonds. The smallest absolute Gasteiger partial charge is 0.264 e. The van der Waals surface area contributed by atoms with Crippen molar-refractivity contribution in [2.45, 2.75) is 69.0 Å². The van der Waals surface area contributed by atoms with Gasteiger partial charge in [-0.15, -0.1) is 0 Å². The molecule has 60 heavy (non-hydrogen) atoms. The number of rotatable bonds is 12. The lowest BCUT2D eigenvalue weighted by atomic mass is 9.73. The lowest BCUT2D eigenvalue weighted by molar-refractivity contribution is -0.136. The van der Waals surface area contributed by atoms with Crippen LogP contribution in [0.4, 0.5) is 11.5 Å². The molecule has 0 bridgehead atoms. The maximum atomic E-state index is 13.7. The summed E-state index contributed by atoms with van der Waals surface area (Å²) < 4.78 is 1.99. The van der Waals surface area contributed by atoms with Gasteiger partial charge in [-0.25, -0.2) is 15.0 Å². The first kappa shape index (κ1) is 38.3. The van der Waals surface area contributed by atoms with Crippen molar-refractivity contribution in [2.75, 3.05) is 11.1 Å². The summed E-state index contributed by atoms with van der Waals surface area (Å²) in [5, 5.41) is 5.52. The number of nitrogens with zero attached hydrogens (tertiary/aromatic N) is 5. The summed E-state index contributed by atoms with van der Waals surface area (Å²) in [6.45, 7) is 0. The summed E-state index contributed by atoms with van der Waals surface area (Å²) in [4.78, 5) is 79.2. The average Bonchev–Trinajstić information content (AvgIpc) is 3.73. The number of carbonyl (C=O) groups excluding carboxylic acids is 5. The van der Waals surface area contributed by atoms with Crippen LogP contribution in [-0.2, 0) is 26.3 Å². The number of amides is 5. The average molecular weight is 803 g/mol. The van der Waals surface area contributed by atoms with Crippen LogP contribution in [0.5, 0.6) is 0 Å². The van der Waals surface area contributed by atoms with Crippen LogP contribution in [0.15, 0.2) is 97.2 Å². The minimum atomic E-state index is -1.10. The SMILES string of the molecule is NC(=O)CC(CCc1cccc(-c2ccc3nc(-c4cccnc4N)n(-c4ccc(C5(N)CCC5)cc4)c3n2)c1)Nc1cccc2c1C(=O)N(C1CCC(=O)NC1=O)C2=O. The Morgan fingerprint density at radius 3 is 2.43 bits per heavy atom. The van der Waals surface area contributed by atoms with Crippen LogP contribution in [-0.4, -0.2) is 66.0 Å². The number of nitrogens with one attached hydrogen (secondary N) is 2. The van der Waals surface area contributed by atoms with Crippen LogP contribution < -0.4 is 27.8 Å². The van der Waals surface area contributed by atoms with Gasteiger partial charge >= 0.3 is 0 Å². The minimum Gasteiger partial charge on any atom is -0.383 e. The summed E-state index contributed by atoms with van der Waals surface area (Å²) in [5.41, 5.74) is 25.5. The van der Waals surface area contributed by atoms with E-state index < -0.39 is 41.6 Å². The van der Waals surface area contributed by atoms with E-state index in [0.717, 1.165) is 52.2 Å². The number of nitrogen functional groups attached to an aromatic ring is 1. The number of primary amides is 1. The Morgan fingerprint density at radius 2 is 1.70 bits per heavy atom. The lowest BCUT2D eigenvalue weighted by Crippen LogP contribution is -2.54. The molecule has 2 aliphatic heterocycles. The van der Waals surface area contributed by atoms with Crippen LogP contribution in [0.25, 0.3) is 39.5 Å². The Labute approximate surface area is 344 Å². The number of hydrogen-bond acceptors (Lipinski definition) is 11. The van der Waals surface area contributed by atoms with Gasteiger partial charge in [0, 0.05) is 47.6 Å². The van der Waals surface area contributed by atoms with Gasteiger partial charge in [0.2, 0.25) is 17.7 Å². The van der Waals surface area contributed by atoms with E-state index in [1.54, 1.807) is 18.3 Å². The predicted molar refractivity (Wildman–Crippen MR) is 224 cm³/mol. The number of pyridine rings is 2.